The van der Waals surface area contributed by atoms with Crippen molar-refractivity contribution in [2.24, 2.45) is 0 Å². The Morgan fingerprint density at radius 3 is 2.24 bits per heavy atom. The molecule has 9 heteroatoms. The highest BCUT2D eigenvalue weighted by atomic mass is 16.6. The first-order valence-corrected chi connectivity index (χ1v) is 7.44. The highest BCUT2D eigenvalue weighted by molar-refractivity contribution is 5.79. The number of carbonyl (C=O) groups is 1. The van der Waals surface area contributed by atoms with Gasteiger partial charge in [-0.3, -0.25) is 25.0 Å². The van der Waals surface area contributed by atoms with E-state index in [0.717, 1.165) is 0 Å². The molecule has 0 aliphatic heterocycles. The molecule has 0 spiro atoms. The standard InChI is InChI=1S/C16H16N4O5/c21-16(11-12-3-1-2-4-15(12)20(24)25)18-10-9-17-13-5-7-14(8-6-13)19(22)23/h1-8,17H,9-11H2,(H,18,21). The van der Waals surface area contributed by atoms with Crippen molar-refractivity contribution in [1.82, 2.24) is 5.32 Å². The van der Waals surface area contributed by atoms with E-state index in [1.165, 1.54) is 18.2 Å². The average Bonchev–Trinajstić information content (AvgIpc) is 2.59. The molecule has 0 atom stereocenters. The Hall–Kier alpha value is -3.49. The molecule has 2 N–H and O–H groups in total. The quantitative estimate of drug-likeness (QED) is 0.429. The van der Waals surface area contributed by atoms with Gasteiger partial charge in [0.05, 0.1) is 16.3 Å². The van der Waals surface area contributed by atoms with Crippen LogP contribution in [-0.4, -0.2) is 28.8 Å². The average molecular weight is 344 g/mol. The molecule has 25 heavy (non-hydrogen) atoms. The Kier molecular flexibility index (Phi) is 5.99. The number of rotatable bonds is 8. The van der Waals surface area contributed by atoms with Gasteiger partial charge in [0.15, 0.2) is 0 Å². The predicted molar refractivity (Wildman–Crippen MR) is 91.4 cm³/mol. The van der Waals surface area contributed by atoms with Crippen LogP contribution in [0, 0.1) is 20.2 Å². The summed E-state index contributed by atoms with van der Waals surface area (Å²) in [5, 5.41) is 27.1. The molecule has 2 rings (SSSR count). The molecular formula is C16H16N4O5. The molecule has 2 aromatic rings. The van der Waals surface area contributed by atoms with Gasteiger partial charge in [-0.05, 0) is 12.1 Å². The number of nitro groups is 2. The lowest BCUT2D eigenvalue weighted by molar-refractivity contribution is -0.385. The Morgan fingerprint density at radius 1 is 0.920 bits per heavy atom. The fraction of sp³-hybridized carbons (Fsp3) is 0.188. The van der Waals surface area contributed by atoms with Crippen LogP contribution < -0.4 is 10.6 Å². The molecule has 0 bridgehead atoms. The fourth-order valence-corrected chi connectivity index (χ4v) is 2.18. The topological polar surface area (TPSA) is 127 Å². The number of nitro benzene ring substituents is 2. The number of hydrogen-bond donors (Lipinski definition) is 2. The summed E-state index contributed by atoms with van der Waals surface area (Å²) in [5.74, 6) is -0.320. The number of non-ortho nitro benzene ring substituents is 1. The minimum atomic E-state index is -0.515. The van der Waals surface area contributed by atoms with Gasteiger partial charge < -0.3 is 10.6 Å². The van der Waals surface area contributed by atoms with Crippen molar-refractivity contribution in [2.75, 3.05) is 18.4 Å². The van der Waals surface area contributed by atoms with Gasteiger partial charge in [0, 0.05) is 42.5 Å². The van der Waals surface area contributed by atoms with E-state index in [2.05, 4.69) is 10.6 Å². The molecule has 0 fully saturated rings. The number of nitrogens with zero attached hydrogens (tertiary/aromatic N) is 2. The SMILES string of the molecule is O=C(Cc1ccccc1[N+](=O)[O-])NCCNc1ccc([N+](=O)[O-])cc1. The zero-order chi connectivity index (χ0) is 18.2. The zero-order valence-electron chi connectivity index (χ0n) is 13.2. The largest absolute Gasteiger partial charge is 0.383 e. The summed E-state index contributed by atoms with van der Waals surface area (Å²) < 4.78 is 0. The maximum Gasteiger partial charge on any atom is 0.273 e. The van der Waals surface area contributed by atoms with Crippen molar-refractivity contribution in [3.05, 3.63) is 74.3 Å². The van der Waals surface area contributed by atoms with E-state index in [-0.39, 0.29) is 23.7 Å². The van der Waals surface area contributed by atoms with Crippen LogP contribution in [0.1, 0.15) is 5.56 Å². The van der Waals surface area contributed by atoms with E-state index < -0.39 is 9.85 Å². The van der Waals surface area contributed by atoms with E-state index in [1.807, 2.05) is 0 Å². The second-order valence-corrected chi connectivity index (χ2v) is 5.14. The van der Waals surface area contributed by atoms with Crippen molar-refractivity contribution in [2.45, 2.75) is 6.42 Å². The minimum absolute atomic E-state index is 0.00306. The van der Waals surface area contributed by atoms with Crippen molar-refractivity contribution < 1.29 is 14.6 Å². The lowest BCUT2D eigenvalue weighted by atomic mass is 10.1. The minimum Gasteiger partial charge on any atom is -0.383 e. The third kappa shape index (κ3) is 5.27. The molecule has 0 saturated heterocycles. The molecule has 1 amide bonds. The van der Waals surface area contributed by atoms with Crippen LogP contribution in [0.3, 0.4) is 0 Å². The Labute approximate surface area is 143 Å². The molecule has 0 saturated carbocycles. The smallest absolute Gasteiger partial charge is 0.273 e. The number of carbonyl (C=O) groups excluding carboxylic acids is 1. The summed E-state index contributed by atoms with van der Waals surface area (Å²) in [6.45, 7) is 0.733. The third-order valence-corrected chi connectivity index (χ3v) is 3.39. The molecule has 0 radical (unpaired) electrons. The Bertz CT molecular complexity index is 776. The number of amides is 1. The van der Waals surface area contributed by atoms with Gasteiger partial charge in [0.1, 0.15) is 0 Å². The second-order valence-electron chi connectivity index (χ2n) is 5.14. The van der Waals surface area contributed by atoms with E-state index >= 15 is 0 Å². The van der Waals surface area contributed by atoms with Crippen molar-refractivity contribution in [3.8, 4) is 0 Å². The summed E-state index contributed by atoms with van der Waals surface area (Å²) in [6.07, 6.45) is -0.0747. The molecule has 0 unspecified atom stereocenters. The molecule has 0 aliphatic carbocycles. The number of hydrogen-bond acceptors (Lipinski definition) is 6. The summed E-state index contributed by atoms with van der Waals surface area (Å²) in [7, 11) is 0. The number of anilines is 1. The first-order valence-electron chi connectivity index (χ1n) is 7.44. The predicted octanol–water partition coefficient (Wildman–Crippen LogP) is 2.27. The van der Waals surface area contributed by atoms with Gasteiger partial charge in [-0.15, -0.1) is 0 Å². The maximum absolute atomic E-state index is 11.9. The second kappa shape index (κ2) is 8.39. The van der Waals surface area contributed by atoms with Crippen molar-refractivity contribution >= 4 is 23.0 Å². The van der Waals surface area contributed by atoms with E-state index in [9.17, 15) is 25.0 Å². The number of benzene rings is 2. The van der Waals surface area contributed by atoms with Gasteiger partial charge in [0.25, 0.3) is 11.4 Å². The van der Waals surface area contributed by atoms with Gasteiger partial charge in [-0.25, -0.2) is 0 Å². The van der Waals surface area contributed by atoms with Crippen LogP contribution in [0.15, 0.2) is 48.5 Å². The molecular weight excluding hydrogens is 328 g/mol. The van der Waals surface area contributed by atoms with Gasteiger partial charge in [-0.1, -0.05) is 18.2 Å². The van der Waals surface area contributed by atoms with Crippen LogP contribution in [0.5, 0.6) is 0 Å². The molecule has 0 aliphatic rings. The third-order valence-electron chi connectivity index (χ3n) is 3.39. The van der Waals surface area contributed by atoms with Gasteiger partial charge in [0.2, 0.25) is 5.91 Å². The highest BCUT2D eigenvalue weighted by Gasteiger charge is 2.15. The summed E-state index contributed by atoms with van der Waals surface area (Å²) >= 11 is 0. The summed E-state index contributed by atoms with van der Waals surface area (Å²) in [4.78, 5) is 32.4. The van der Waals surface area contributed by atoms with Crippen molar-refractivity contribution in [3.63, 3.8) is 0 Å². The van der Waals surface area contributed by atoms with Crippen LogP contribution >= 0.6 is 0 Å². The Balaban J connectivity index is 1.77. The normalized spacial score (nSPS) is 10.1. The summed E-state index contributed by atoms with van der Waals surface area (Å²) in [6, 6.07) is 12.0. The van der Waals surface area contributed by atoms with Crippen LogP contribution in [0.2, 0.25) is 0 Å². The number of para-hydroxylation sites is 1. The molecule has 130 valence electrons. The zero-order valence-corrected chi connectivity index (χ0v) is 13.2. The first-order chi connectivity index (χ1) is 12.0. The van der Waals surface area contributed by atoms with Gasteiger partial charge >= 0.3 is 0 Å². The molecule has 0 heterocycles. The highest BCUT2D eigenvalue weighted by Crippen LogP contribution is 2.18. The van der Waals surface area contributed by atoms with Crippen LogP contribution in [0.4, 0.5) is 17.1 Å². The maximum atomic E-state index is 11.9. The van der Waals surface area contributed by atoms with E-state index in [1.54, 1.807) is 30.3 Å². The molecule has 2 aromatic carbocycles. The van der Waals surface area contributed by atoms with E-state index in [4.69, 9.17) is 0 Å². The first kappa shape index (κ1) is 17.9. The lowest BCUT2D eigenvalue weighted by Crippen LogP contribution is -2.30. The van der Waals surface area contributed by atoms with Crippen LogP contribution in [0.25, 0.3) is 0 Å². The summed E-state index contributed by atoms with van der Waals surface area (Å²) in [5.41, 5.74) is 0.969. The molecule has 9 nitrogen and oxygen atoms in total. The van der Waals surface area contributed by atoms with E-state index in [0.29, 0.717) is 24.3 Å². The fourth-order valence-electron chi connectivity index (χ4n) is 2.18. The van der Waals surface area contributed by atoms with Crippen molar-refractivity contribution in [1.29, 1.82) is 0 Å². The number of nitrogens with one attached hydrogen (secondary N) is 2. The van der Waals surface area contributed by atoms with Gasteiger partial charge in [-0.2, -0.15) is 0 Å². The van der Waals surface area contributed by atoms with Crippen LogP contribution in [-0.2, 0) is 11.2 Å². The lowest BCUT2D eigenvalue weighted by Gasteiger charge is -2.08. The monoisotopic (exact) mass is 344 g/mol. The Morgan fingerprint density at radius 2 is 1.60 bits per heavy atom. The molecule has 0 aromatic heterocycles.